The topological polar surface area (TPSA) is 30.5 Å². The SMILES string of the molecule is CC(C)(C)[Si](C)(C)OCc1ccc(CC[C@@H]2C[C@@H](O[Si](C)(C)C(C)(C)C)CN2)cc1. The summed E-state index contributed by atoms with van der Waals surface area (Å²) in [7, 11) is -3.36. The third kappa shape index (κ3) is 7.02. The molecule has 30 heavy (non-hydrogen) atoms. The zero-order chi connectivity index (χ0) is 22.8. The van der Waals surface area contributed by atoms with E-state index >= 15 is 0 Å². The number of hydrogen-bond acceptors (Lipinski definition) is 3. The number of benzene rings is 1. The molecular formula is C25H47NO2Si2. The quantitative estimate of drug-likeness (QED) is 0.438. The molecule has 1 aliphatic rings. The van der Waals surface area contributed by atoms with E-state index in [1.54, 1.807) is 0 Å². The van der Waals surface area contributed by atoms with E-state index in [0.717, 1.165) is 26.0 Å². The molecule has 1 N–H and O–H groups in total. The minimum atomic E-state index is -1.69. The monoisotopic (exact) mass is 449 g/mol. The summed E-state index contributed by atoms with van der Waals surface area (Å²) in [6.07, 6.45) is 3.82. The molecule has 5 heteroatoms. The molecule has 0 radical (unpaired) electrons. The Morgan fingerprint density at radius 3 is 1.93 bits per heavy atom. The van der Waals surface area contributed by atoms with Crippen molar-refractivity contribution in [2.45, 2.75) is 116 Å². The van der Waals surface area contributed by atoms with Crippen LogP contribution in [0.5, 0.6) is 0 Å². The summed E-state index contributed by atoms with van der Waals surface area (Å²) in [5.74, 6) is 0. The van der Waals surface area contributed by atoms with Crippen LogP contribution in [0.3, 0.4) is 0 Å². The van der Waals surface area contributed by atoms with Crippen LogP contribution >= 0.6 is 0 Å². The van der Waals surface area contributed by atoms with E-state index in [1.807, 2.05) is 0 Å². The fraction of sp³-hybridized carbons (Fsp3) is 0.760. The average molecular weight is 450 g/mol. The summed E-state index contributed by atoms with van der Waals surface area (Å²) in [6.45, 7) is 24.9. The highest BCUT2D eigenvalue weighted by Gasteiger charge is 2.40. The largest absolute Gasteiger partial charge is 0.413 e. The van der Waals surface area contributed by atoms with Crippen molar-refractivity contribution in [3.05, 3.63) is 35.4 Å². The van der Waals surface area contributed by atoms with Gasteiger partial charge >= 0.3 is 0 Å². The molecule has 1 aliphatic heterocycles. The zero-order valence-electron chi connectivity index (χ0n) is 21.3. The summed E-state index contributed by atoms with van der Waals surface area (Å²) in [5.41, 5.74) is 2.70. The Morgan fingerprint density at radius 2 is 1.40 bits per heavy atom. The van der Waals surface area contributed by atoms with Crippen molar-refractivity contribution < 1.29 is 8.85 Å². The molecule has 1 heterocycles. The first kappa shape index (κ1) is 25.8. The summed E-state index contributed by atoms with van der Waals surface area (Å²) in [6, 6.07) is 9.62. The zero-order valence-corrected chi connectivity index (χ0v) is 23.3. The van der Waals surface area contributed by atoms with Crippen LogP contribution in [-0.4, -0.2) is 35.3 Å². The van der Waals surface area contributed by atoms with Gasteiger partial charge in [-0.15, -0.1) is 0 Å². The molecule has 2 rings (SSSR count). The lowest BCUT2D eigenvalue weighted by atomic mass is 10.0. The van der Waals surface area contributed by atoms with Crippen molar-refractivity contribution >= 4 is 16.6 Å². The van der Waals surface area contributed by atoms with Gasteiger partial charge in [-0.2, -0.15) is 0 Å². The molecule has 1 fully saturated rings. The number of hydrogen-bond donors (Lipinski definition) is 1. The molecule has 1 aromatic rings. The van der Waals surface area contributed by atoms with E-state index in [9.17, 15) is 0 Å². The summed E-state index contributed by atoms with van der Waals surface area (Å²) >= 11 is 0. The smallest absolute Gasteiger partial charge is 0.192 e. The molecule has 0 amide bonds. The molecule has 0 bridgehead atoms. The molecule has 1 aromatic carbocycles. The van der Waals surface area contributed by atoms with Gasteiger partial charge in [0.15, 0.2) is 16.6 Å². The number of rotatable bonds is 8. The lowest BCUT2D eigenvalue weighted by Gasteiger charge is -2.38. The number of aryl methyl sites for hydroxylation is 1. The van der Waals surface area contributed by atoms with Crippen LogP contribution in [0, 0.1) is 0 Å². The van der Waals surface area contributed by atoms with Crippen LogP contribution < -0.4 is 5.32 Å². The second kappa shape index (κ2) is 9.57. The minimum Gasteiger partial charge on any atom is -0.413 e. The Hall–Kier alpha value is -0.466. The fourth-order valence-corrected chi connectivity index (χ4v) is 5.64. The van der Waals surface area contributed by atoms with Gasteiger partial charge in [0, 0.05) is 12.6 Å². The molecule has 0 aliphatic carbocycles. The van der Waals surface area contributed by atoms with Crippen LogP contribution in [0.1, 0.15) is 65.5 Å². The third-order valence-electron chi connectivity index (χ3n) is 7.66. The maximum atomic E-state index is 6.61. The Morgan fingerprint density at radius 1 is 0.867 bits per heavy atom. The standard InChI is InChI=1S/C25H47NO2Si2/c1-24(2,3)29(7,8)27-19-21-13-11-20(12-14-21)15-16-22-17-23(18-26-22)28-30(9,10)25(4,5)6/h11-14,22-23,26H,15-19H2,1-10H3/t22-,23-/m1/s1. The Bertz CT molecular complexity index is 672. The van der Waals surface area contributed by atoms with Crippen molar-refractivity contribution in [2.75, 3.05) is 6.54 Å². The van der Waals surface area contributed by atoms with Gasteiger partial charge in [0.25, 0.3) is 0 Å². The molecule has 0 aromatic heterocycles. The Kier molecular flexibility index (Phi) is 8.23. The van der Waals surface area contributed by atoms with Gasteiger partial charge in [-0.05, 0) is 66.7 Å². The van der Waals surface area contributed by atoms with E-state index < -0.39 is 16.6 Å². The van der Waals surface area contributed by atoms with E-state index in [2.05, 4.69) is 97.3 Å². The van der Waals surface area contributed by atoms with Gasteiger partial charge in [0.05, 0.1) is 12.7 Å². The van der Waals surface area contributed by atoms with Crippen molar-refractivity contribution in [1.82, 2.24) is 5.32 Å². The van der Waals surface area contributed by atoms with Crippen molar-refractivity contribution in [2.24, 2.45) is 0 Å². The molecule has 0 unspecified atom stereocenters. The second-order valence-corrected chi connectivity index (χ2v) is 21.8. The molecular weight excluding hydrogens is 402 g/mol. The Labute approximate surface area is 188 Å². The van der Waals surface area contributed by atoms with Crippen LogP contribution in [-0.2, 0) is 21.9 Å². The maximum Gasteiger partial charge on any atom is 0.192 e. The highest BCUT2D eigenvalue weighted by molar-refractivity contribution is 6.74. The normalized spacial score (nSPS) is 21.3. The van der Waals surface area contributed by atoms with E-state index in [1.165, 1.54) is 17.5 Å². The molecule has 1 saturated heterocycles. The fourth-order valence-electron chi connectivity index (χ4n) is 3.31. The van der Waals surface area contributed by atoms with Crippen molar-refractivity contribution in [1.29, 1.82) is 0 Å². The van der Waals surface area contributed by atoms with Gasteiger partial charge in [-0.25, -0.2) is 0 Å². The maximum absolute atomic E-state index is 6.61. The highest BCUT2D eigenvalue weighted by Crippen LogP contribution is 2.38. The predicted molar refractivity (Wildman–Crippen MR) is 135 cm³/mol. The van der Waals surface area contributed by atoms with Crippen LogP contribution in [0.15, 0.2) is 24.3 Å². The van der Waals surface area contributed by atoms with Gasteiger partial charge in [-0.3, -0.25) is 0 Å². The van der Waals surface area contributed by atoms with Crippen LogP contribution in [0.4, 0.5) is 0 Å². The second-order valence-electron chi connectivity index (χ2n) is 12.2. The van der Waals surface area contributed by atoms with Gasteiger partial charge in [0.1, 0.15) is 0 Å². The van der Waals surface area contributed by atoms with Crippen molar-refractivity contribution in [3.63, 3.8) is 0 Å². The lowest BCUT2D eigenvalue weighted by molar-refractivity contribution is 0.197. The van der Waals surface area contributed by atoms with E-state index in [-0.39, 0.29) is 10.1 Å². The lowest BCUT2D eigenvalue weighted by Crippen LogP contribution is -2.44. The first-order chi connectivity index (χ1) is 13.6. The first-order valence-corrected chi connectivity index (χ1v) is 17.6. The Balaban J connectivity index is 1.78. The molecule has 2 atom stereocenters. The highest BCUT2D eigenvalue weighted by atomic mass is 28.4. The van der Waals surface area contributed by atoms with E-state index in [0.29, 0.717) is 12.1 Å². The number of nitrogens with one attached hydrogen (secondary N) is 1. The summed E-state index contributed by atoms with van der Waals surface area (Å²) < 4.78 is 13.0. The third-order valence-corrected chi connectivity index (χ3v) is 16.7. The minimum absolute atomic E-state index is 0.257. The van der Waals surface area contributed by atoms with Crippen LogP contribution in [0.2, 0.25) is 36.3 Å². The summed E-state index contributed by atoms with van der Waals surface area (Å²) in [4.78, 5) is 0. The molecule has 3 nitrogen and oxygen atoms in total. The average Bonchev–Trinajstić information content (AvgIpc) is 3.04. The van der Waals surface area contributed by atoms with Gasteiger partial charge < -0.3 is 14.2 Å². The van der Waals surface area contributed by atoms with Gasteiger partial charge in [0.2, 0.25) is 0 Å². The van der Waals surface area contributed by atoms with Gasteiger partial charge in [-0.1, -0.05) is 65.8 Å². The predicted octanol–water partition coefficient (Wildman–Crippen LogP) is 6.89. The van der Waals surface area contributed by atoms with Crippen molar-refractivity contribution in [3.8, 4) is 0 Å². The first-order valence-electron chi connectivity index (χ1n) is 11.7. The van der Waals surface area contributed by atoms with Crippen LogP contribution in [0.25, 0.3) is 0 Å². The molecule has 172 valence electrons. The van der Waals surface area contributed by atoms with E-state index in [4.69, 9.17) is 8.85 Å². The molecule has 0 spiro atoms. The molecule has 0 saturated carbocycles. The summed E-state index contributed by atoms with van der Waals surface area (Å²) in [5, 5.41) is 4.23.